The van der Waals surface area contributed by atoms with Crippen molar-refractivity contribution in [3.63, 3.8) is 0 Å². The first-order chi connectivity index (χ1) is 9.78. The molecule has 0 saturated carbocycles. The molecule has 0 aliphatic carbocycles. The van der Waals surface area contributed by atoms with Crippen LogP contribution in [0.15, 0.2) is 24.3 Å². The summed E-state index contributed by atoms with van der Waals surface area (Å²) in [6.45, 7) is 7.17. The van der Waals surface area contributed by atoms with Gasteiger partial charge in [0.05, 0.1) is 11.4 Å². The monoisotopic (exact) mass is 314 g/mol. The fraction of sp³-hybridized carbons (Fsp3) is 0.600. The van der Waals surface area contributed by atoms with Gasteiger partial charge in [-0.25, -0.2) is 13.1 Å². The largest absolute Gasteiger partial charge is 0.375 e. The second kappa shape index (κ2) is 7.89. The third-order valence-electron chi connectivity index (χ3n) is 2.98. The van der Waals surface area contributed by atoms with Crippen LogP contribution < -0.4 is 10.0 Å². The van der Waals surface area contributed by atoms with Crippen molar-refractivity contribution < 1.29 is 13.2 Å². The van der Waals surface area contributed by atoms with Crippen molar-refractivity contribution in [3.8, 4) is 0 Å². The van der Waals surface area contributed by atoms with Crippen LogP contribution in [-0.2, 0) is 27.1 Å². The Hall–Kier alpha value is -0.950. The van der Waals surface area contributed by atoms with E-state index in [2.05, 4.69) is 10.0 Å². The first kappa shape index (κ1) is 18.1. The average Bonchev–Trinajstić information content (AvgIpc) is 2.37. The van der Waals surface area contributed by atoms with Crippen molar-refractivity contribution >= 4 is 10.0 Å². The molecule has 0 bridgehead atoms. The summed E-state index contributed by atoms with van der Waals surface area (Å²) in [6, 6.07) is 7.58. The fourth-order valence-electron chi connectivity index (χ4n) is 2.03. The Morgan fingerprint density at radius 2 is 1.90 bits per heavy atom. The van der Waals surface area contributed by atoms with Crippen LogP contribution in [0.2, 0.25) is 0 Å². The summed E-state index contributed by atoms with van der Waals surface area (Å²) in [4.78, 5) is 0. The van der Waals surface area contributed by atoms with Crippen LogP contribution in [0.3, 0.4) is 0 Å². The van der Waals surface area contributed by atoms with E-state index < -0.39 is 15.6 Å². The molecule has 0 saturated heterocycles. The zero-order valence-corrected chi connectivity index (χ0v) is 14.1. The Labute approximate surface area is 128 Å². The highest BCUT2D eigenvalue weighted by molar-refractivity contribution is 7.88. The average molecular weight is 314 g/mol. The minimum absolute atomic E-state index is 0.0211. The van der Waals surface area contributed by atoms with Crippen LogP contribution >= 0.6 is 0 Å². The van der Waals surface area contributed by atoms with Gasteiger partial charge in [-0.3, -0.25) is 0 Å². The highest BCUT2D eigenvalue weighted by atomic mass is 32.2. The van der Waals surface area contributed by atoms with Crippen molar-refractivity contribution in [1.29, 1.82) is 0 Å². The van der Waals surface area contributed by atoms with Crippen molar-refractivity contribution in [3.05, 3.63) is 35.4 Å². The standard InChI is InChI=1S/C15H26N2O3S/c1-5-20-15(2,3)12-17-21(18,19)11-14-8-6-7-13(9-14)10-16-4/h6-9,16-17H,5,10-12H2,1-4H3. The molecule has 0 spiro atoms. The molecule has 0 heterocycles. The van der Waals surface area contributed by atoms with Gasteiger partial charge in [-0.15, -0.1) is 0 Å². The van der Waals surface area contributed by atoms with Crippen molar-refractivity contribution in [1.82, 2.24) is 10.0 Å². The molecule has 0 unspecified atom stereocenters. The molecule has 5 nitrogen and oxygen atoms in total. The summed E-state index contributed by atoms with van der Waals surface area (Å²) in [7, 11) is -1.51. The lowest BCUT2D eigenvalue weighted by atomic mass is 10.1. The topological polar surface area (TPSA) is 67.4 Å². The Balaban J connectivity index is 2.66. The molecule has 21 heavy (non-hydrogen) atoms. The smallest absolute Gasteiger partial charge is 0.215 e. The van der Waals surface area contributed by atoms with Crippen LogP contribution in [0.1, 0.15) is 31.9 Å². The molecule has 6 heteroatoms. The van der Waals surface area contributed by atoms with E-state index in [-0.39, 0.29) is 12.3 Å². The highest BCUT2D eigenvalue weighted by Gasteiger charge is 2.21. The van der Waals surface area contributed by atoms with Gasteiger partial charge in [0.25, 0.3) is 0 Å². The van der Waals surface area contributed by atoms with Gasteiger partial charge in [-0.1, -0.05) is 24.3 Å². The van der Waals surface area contributed by atoms with Gasteiger partial charge in [-0.2, -0.15) is 0 Å². The lowest BCUT2D eigenvalue weighted by Gasteiger charge is -2.24. The van der Waals surface area contributed by atoms with E-state index in [0.717, 1.165) is 17.7 Å². The van der Waals surface area contributed by atoms with Crippen LogP contribution in [0, 0.1) is 0 Å². The normalized spacial score (nSPS) is 12.6. The summed E-state index contributed by atoms with van der Waals surface area (Å²) in [5.74, 6) is -0.0211. The van der Waals surface area contributed by atoms with E-state index in [1.165, 1.54) is 0 Å². The van der Waals surface area contributed by atoms with Gasteiger partial charge in [-0.05, 0) is 38.9 Å². The number of hydrogen-bond donors (Lipinski definition) is 2. The maximum atomic E-state index is 12.1. The predicted octanol–water partition coefficient (Wildman–Crippen LogP) is 1.64. The maximum absolute atomic E-state index is 12.1. The van der Waals surface area contributed by atoms with Crippen molar-refractivity contribution in [2.75, 3.05) is 20.2 Å². The van der Waals surface area contributed by atoms with Gasteiger partial charge in [0.15, 0.2) is 0 Å². The van der Waals surface area contributed by atoms with Gasteiger partial charge in [0, 0.05) is 19.7 Å². The number of nitrogens with one attached hydrogen (secondary N) is 2. The first-order valence-electron chi connectivity index (χ1n) is 7.12. The van der Waals surface area contributed by atoms with Crippen LogP contribution in [0.4, 0.5) is 0 Å². The van der Waals surface area contributed by atoms with E-state index >= 15 is 0 Å². The summed E-state index contributed by atoms with van der Waals surface area (Å²) in [6.07, 6.45) is 0. The molecule has 1 aromatic carbocycles. The molecular formula is C15H26N2O3S. The van der Waals surface area contributed by atoms with Crippen LogP contribution in [-0.4, -0.2) is 34.2 Å². The summed E-state index contributed by atoms with van der Waals surface area (Å²) in [5.41, 5.74) is 1.35. The number of hydrogen-bond acceptors (Lipinski definition) is 4. The van der Waals surface area contributed by atoms with Gasteiger partial charge >= 0.3 is 0 Å². The van der Waals surface area contributed by atoms with E-state index in [4.69, 9.17) is 4.74 Å². The number of benzene rings is 1. The van der Waals surface area contributed by atoms with E-state index in [1.54, 1.807) is 0 Å². The third kappa shape index (κ3) is 7.04. The Bertz CT molecular complexity index is 542. The fourth-order valence-corrected chi connectivity index (χ4v) is 3.32. The van der Waals surface area contributed by atoms with E-state index in [0.29, 0.717) is 6.61 Å². The number of ether oxygens (including phenoxy) is 1. The lowest BCUT2D eigenvalue weighted by molar-refractivity contribution is -0.00515. The van der Waals surface area contributed by atoms with Crippen LogP contribution in [0.5, 0.6) is 0 Å². The number of rotatable bonds is 9. The minimum atomic E-state index is -3.37. The zero-order valence-electron chi connectivity index (χ0n) is 13.3. The third-order valence-corrected chi connectivity index (χ3v) is 4.28. The zero-order chi connectivity index (χ0) is 15.9. The highest BCUT2D eigenvalue weighted by Crippen LogP contribution is 2.11. The van der Waals surface area contributed by atoms with E-state index in [1.807, 2.05) is 52.1 Å². The molecule has 0 radical (unpaired) electrons. The predicted molar refractivity (Wildman–Crippen MR) is 85.5 cm³/mol. The van der Waals surface area contributed by atoms with Gasteiger partial charge in [0.1, 0.15) is 0 Å². The maximum Gasteiger partial charge on any atom is 0.215 e. The second-order valence-electron chi connectivity index (χ2n) is 5.62. The molecule has 2 N–H and O–H groups in total. The lowest BCUT2D eigenvalue weighted by Crippen LogP contribution is -2.40. The molecule has 0 aliphatic heterocycles. The van der Waals surface area contributed by atoms with Crippen LogP contribution in [0.25, 0.3) is 0 Å². The molecule has 0 aliphatic rings. The van der Waals surface area contributed by atoms with E-state index in [9.17, 15) is 8.42 Å². The molecule has 120 valence electrons. The first-order valence-corrected chi connectivity index (χ1v) is 8.77. The minimum Gasteiger partial charge on any atom is -0.375 e. The molecule has 0 amide bonds. The molecule has 0 atom stereocenters. The van der Waals surface area contributed by atoms with Crippen molar-refractivity contribution in [2.24, 2.45) is 0 Å². The molecular weight excluding hydrogens is 288 g/mol. The Morgan fingerprint density at radius 3 is 2.52 bits per heavy atom. The summed E-state index contributed by atoms with van der Waals surface area (Å²) in [5, 5.41) is 3.05. The molecule has 0 fully saturated rings. The SMILES string of the molecule is CCOC(C)(C)CNS(=O)(=O)Cc1cccc(CNC)c1. The summed E-state index contributed by atoms with van der Waals surface area (Å²) >= 11 is 0. The molecule has 1 rings (SSSR count). The quantitative estimate of drug-likeness (QED) is 0.727. The van der Waals surface area contributed by atoms with Gasteiger partial charge < -0.3 is 10.1 Å². The Morgan fingerprint density at radius 1 is 1.24 bits per heavy atom. The Kier molecular flexibility index (Phi) is 6.80. The number of sulfonamides is 1. The van der Waals surface area contributed by atoms with Crippen molar-refractivity contribution in [2.45, 2.75) is 38.7 Å². The second-order valence-corrected chi connectivity index (χ2v) is 7.43. The molecule has 1 aromatic rings. The van der Waals surface area contributed by atoms with Gasteiger partial charge in [0.2, 0.25) is 10.0 Å². The molecule has 0 aromatic heterocycles. The summed E-state index contributed by atoms with van der Waals surface area (Å²) < 4.78 is 32.4.